The molecule has 0 N–H and O–H groups in total. The molecule has 0 saturated heterocycles. The molecule has 6 heteroatoms. The van der Waals surface area contributed by atoms with Gasteiger partial charge in [-0.3, -0.25) is 0 Å². The van der Waals surface area contributed by atoms with Gasteiger partial charge >= 0.3 is 0 Å². The summed E-state index contributed by atoms with van der Waals surface area (Å²) in [6.45, 7) is 0. The Morgan fingerprint density at radius 2 is 1.52 bits per heavy atom. The SMILES string of the molecule is COc1cc(-c2cn(-c3ccccc3)nn2)cc(OC)c1OC. The van der Waals surface area contributed by atoms with Crippen molar-refractivity contribution < 1.29 is 14.2 Å². The summed E-state index contributed by atoms with van der Waals surface area (Å²) >= 11 is 0. The Morgan fingerprint density at radius 3 is 2.09 bits per heavy atom. The molecule has 0 aliphatic heterocycles. The standard InChI is InChI=1S/C17H17N3O3/c1-21-15-9-12(10-16(22-2)17(15)23-3)14-11-20(19-18-14)13-7-5-4-6-8-13/h4-11H,1-3H3. The molecular formula is C17H17N3O3. The maximum absolute atomic E-state index is 5.37. The van der Waals surface area contributed by atoms with Gasteiger partial charge in [-0.25, -0.2) is 4.68 Å². The molecular weight excluding hydrogens is 294 g/mol. The summed E-state index contributed by atoms with van der Waals surface area (Å²) < 4.78 is 17.8. The first-order valence-corrected chi connectivity index (χ1v) is 7.05. The fraction of sp³-hybridized carbons (Fsp3) is 0.176. The molecule has 0 atom stereocenters. The molecule has 118 valence electrons. The highest BCUT2D eigenvalue weighted by Gasteiger charge is 2.15. The number of hydrogen-bond donors (Lipinski definition) is 0. The van der Waals surface area contributed by atoms with Gasteiger partial charge in [-0.05, 0) is 24.3 Å². The lowest BCUT2D eigenvalue weighted by Crippen LogP contribution is -1.95. The lowest BCUT2D eigenvalue weighted by atomic mass is 10.1. The molecule has 0 amide bonds. The predicted molar refractivity (Wildman–Crippen MR) is 86.5 cm³/mol. The Morgan fingerprint density at radius 1 is 0.870 bits per heavy atom. The van der Waals surface area contributed by atoms with E-state index < -0.39 is 0 Å². The topological polar surface area (TPSA) is 58.4 Å². The average molecular weight is 311 g/mol. The fourth-order valence-electron chi connectivity index (χ4n) is 2.33. The van der Waals surface area contributed by atoms with Crippen LogP contribution in [0.2, 0.25) is 0 Å². The third-order valence-electron chi connectivity index (χ3n) is 3.47. The van der Waals surface area contributed by atoms with Crippen molar-refractivity contribution in [2.24, 2.45) is 0 Å². The number of aromatic nitrogens is 3. The molecule has 3 aromatic rings. The van der Waals surface area contributed by atoms with E-state index in [2.05, 4.69) is 10.3 Å². The molecule has 1 aromatic heterocycles. The van der Waals surface area contributed by atoms with Gasteiger partial charge in [0.15, 0.2) is 11.5 Å². The molecule has 0 fully saturated rings. The van der Waals surface area contributed by atoms with E-state index in [0.29, 0.717) is 22.9 Å². The van der Waals surface area contributed by atoms with E-state index >= 15 is 0 Å². The van der Waals surface area contributed by atoms with Crippen LogP contribution >= 0.6 is 0 Å². The van der Waals surface area contributed by atoms with Crippen molar-refractivity contribution in [1.82, 2.24) is 15.0 Å². The quantitative estimate of drug-likeness (QED) is 0.725. The Labute approximate surface area is 134 Å². The van der Waals surface area contributed by atoms with E-state index in [-0.39, 0.29) is 0 Å². The number of rotatable bonds is 5. The van der Waals surface area contributed by atoms with Gasteiger partial charge in [0.25, 0.3) is 0 Å². The van der Waals surface area contributed by atoms with Gasteiger partial charge in [-0.1, -0.05) is 23.4 Å². The lowest BCUT2D eigenvalue weighted by molar-refractivity contribution is 0.324. The number of para-hydroxylation sites is 1. The maximum atomic E-state index is 5.37. The van der Waals surface area contributed by atoms with E-state index in [1.54, 1.807) is 26.0 Å². The second-order valence-corrected chi connectivity index (χ2v) is 4.80. The minimum atomic E-state index is 0.550. The highest BCUT2D eigenvalue weighted by atomic mass is 16.5. The molecule has 0 saturated carbocycles. The number of benzene rings is 2. The zero-order chi connectivity index (χ0) is 16.2. The number of ether oxygens (including phenoxy) is 3. The molecule has 6 nitrogen and oxygen atoms in total. The molecule has 1 heterocycles. The van der Waals surface area contributed by atoms with Crippen LogP contribution in [-0.2, 0) is 0 Å². The third-order valence-corrected chi connectivity index (χ3v) is 3.47. The van der Waals surface area contributed by atoms with E-state index in [9.17, 15) is 0 Å². The predicted octanol–water partition coefficient (Wildman–Crippen LogP) is 2.96. The Kier molecular flexibility index (Phi) is 4.14. The third kappa shape index (κ3) is 2.83. The van der Waals surface area contributed by atoms with Crippen LogP contribution in [-0.4, -0.2) is 36.3 Å². The van der Waals surface area contributed by atoms with E-state index in [0.717, 1.165) is 11.3 Å². The molecule has 0 aliphatic carbocycles. The number of nitrogens with zero attached hydrogens (tertiary/aromatic N) is 3. The average Bonchev–Trinajstić information content (AvgIpc) is 3.11. The Hall–Kier alpha value is -3.02. The van der Waals surface area contributed by atoms with Crippen LogP contribution in [0.25, 0.3) is 16.9 Å². The van der Waals surface area contributed by atoms with Crippen molar-refractivity contribution in [3.8, 4) is 34.2 Å². The first-order valence-electron chi connectivity index (χ1n) is 7.05. The summed E-state index contributed by atoms with van der Waals surface area (Å²) in [7, 11) is 4.75. The minimum absolute atomic E-state index is 0.550. The maximum Gasteiger partial charge on any atom is 0.203 e. The zero-order valence-corrected chi connectivity index (χ0v) is 13.2. The second kappa shape index (κ2) is 6.39. The van der Waals surface area contributed by atoms with Gasteiger partial charge < -0.3 is 14.2 Å². The fourth-order valence-corrected chi connectivity index (χ4v) is 2.33. The van der Waals surface area contributed by atoms with Crippen molar-refractivity contribution in [3.63, 3.8) is 0 Å². The smallest absolute Gasteiger partial charge is 0.203 e. The summed E-state index contributed by atoms with van der Waals surface area (Å²) in [5.41, 5.74) is 2.49. The molecule has 0 spiro atoms. The normalized spacial score (nSPS) is 10.4. The van der Waals surface area contributed by atoms with E-state index in [4.69, 9.17) is 14.2 Å². The molecule has 0 bridgehead atoms. The first-order chi connectivity index (χ1) is 11.3. The summed E-state index contributed by atoms with van der Waals surface area (Å²) in [6, 6.07) is 13.5. The minimum Gasteiger partial charge on any atom is -0.493 e. The molecule has 0 radical (unpaired) electrons. The number of hydrogen-bond acceptors (Lipinski definition) is 5. The van der Waals surface area contributed by atoms with Gasteiger partial charge in [-0.15, -0.1) is 5.10 Å². The highest BCUT2D eigenvalue weighted by molar-refractivity contribution is 5.68. The van der Waals surface area contributed by atoms with Gasteiger partial charge in [0, 0.05) is 5.56 Å². The van der Waals surface area contributed by atoms with Crippen LogP contribution in [0.15, 0.2) is 48.7 Å². The van der Waals surface area contributed by atoms with Gasteiger partial charge in [-0.2, -0.15) is 0 Å². The van der Waals surface area contributed by atoms with Crippen LogP contribution < -0.4 is 14.2 Å². The van der Waals surface area contributed by atoms with Crippen molar-refractivity contribution in [2.45, 2.75) is 0 Å². The van der Waals surface area contributed by atoms with Gasteiger partial charge in [0.1, 0.15) is 5.69 Å². The summed E-state index contributed by atoms with van der Waals surface area (Å²) in [4.78, 5) is 0. The van der Waals surface area contributed by atoms with Crippen LogP contribution in [0.1, 0.15) is 0 Å². The Balaban J connectivity index is 2.04. The number of methoxy groups -OCH3 is 3. The second-order valence-electron chi connectivity index (χ2n) is 4.80. The zero-order valence-electron chi connectivity index (χ0n) is 13.2. The van der Waals surface area contributed by atoms with Crippen LogP contribution in [0.5, 0.6) is 17.2 Å². The van der Waals surface area contributed by atoms with Crippen LogP contribution in [0.4, 0.5) is 0 Å². The monoisotopic (exact) mass is 311 g/mol. The van der Waals surface area contributed by atoms with Crippen LogP contribution in [0.3, 0.4) is 0 Å². The Bertz CT molecular complexity index is 775. The molecule has 0 aliphatic rings. The van der Waals surface area contributed by atoms with Crippen molar-refractivity contribution in [2.75, 3.05) is 21.3 Å². The largest absolute Gasteiger partial charge is 0.493 e. The van der Waals surface area contributed by atoms with Gasteiger partial charge in [0.2, 0.25) is 5.75 Å². The molecule has 2 aromatic carbocycles. The van der Waals surface area contributed by atoms with E-state index in [1.165, 1.54) is 0 Å². The summed E-state index contributed by atoms with van der Waals surface area (Å²) in [6.07, 6.45) is 1.86. The van der Waals surface area contributed by atoms with Crippen molar-refractivity contribution in [3.05, 3.63) is 48.7 Å². The molecule has 3 rings (SSSR count). The lowest BCUT2D eigenvalue weighted by Gasteiger charge is -2.13. The first kappa shape index (κ1) is 14.9. The summed E-state index contributed by atoms with van der Waals surface area (Å²) in [5.74, 6) is 1.71. The van der Waals surface area contributed by atoms with Gasteiger partial charge in [0.05, 0.1) is 33.2 Å². The highest BCUT2D eigenvalue weighted by Crippen LogP contribution is 2.40. The van der Waals surface area contributed by atoms with Crippen molar-refractivity contribution in [1.29, 1.82) is 0 Å². The van der Waals surface area contributed by atoms with Crippen molar-refractivity contribution >= 4 is 0 Å². The van der Waals surface area contributed by atoms with Crippen LogP contribution in [0, 0.1) is 0 Å². The molecule has 0 unspecified atom stereocenters. The van der Waals surface area contributed by atoms with E-state index in [1.807, 2.05) is 48.7 Å². The summed E-state index contributed by atoms with van der Waals surface area (Å²) in [5, 5.41) is 8.40. The molecule has 23 heavy (non-hydrogen) atoms.